The maximum Gasteiger partial charge on any atom is 0.265 e. The number of hydrogen-bond donors (Lipinski definition) is 2. The van der Waals surface area contributed by atoms with Crippen LogP contribution in [0.5, 0.6) is 0 Å². The molecule has 1 atom stereocenters. The zero-order chi connectivity index (χ0) is 9.90. The second kappa shape index (κ2) is 4.30. The summed E-state index contributed by atoms with van der Waals surface area (Å²) >= 11 is 0. The van der Waals surface area contributed by atoms with Crippen LogP contribution in [0.1, 0.15) is 6.92 Å². The molecule has 2 N–H and O–H groups in total. The van der Waals surface area contributed by atoms with E-state index in [2.05, 4.69) is 5.32 Å². The first kappa shape index (κ1) is 10.8. The largest absolute Gasteiger partial charge is 0.386 e. The standard InChI is InChI=1S/C8H15F2NO2/c1-8(4-13-5-8)3-11-2-6(12)7(9)10/h6-7,11-12H,2-5H2,1H3. The Balaban J connectivity index is 2.06. The van der Waals surface area contributed by atoms with E-state index in [4.69, 9.17) is 9.84 Å². The van der Waals surface area contributed by atoms with Gasteiger partial charge >= 0.3 is 0 Å². The average Bonchev–Trinajstić information content (AvgIpc) is 2.01. The first-order valence-corrected chi connectivity index (χ1v) is 4.28. The minimum atomic E-state index is -2.67. The first-order chi connectivity index (χ1) is 6.03. The Morgan fingerprint density at radius 1 is 1.54 bits per heavy atom. The Kier molecular flexibility index (Phi) is 3.58. The van der Waals surface area contributed by atoms with Gasteiger partial charge in [-0.15, -0.1) is 0 Å². The van der Waals surface area contributed by atoms with Crippen molar-refractivity contribution in [3.63, 3.8) is 0 Å². The lowest BCUT2D eigenvalue weighted by Gasteiger charge is -2.38. The Hall–Kier alpha value is -0.260. The molecule has 1 unspecified atom stereocenters. The molecule has 5 heteroatoms. The van der Waals surface area contributed by atoms with Gasteiger partial charge in [0.15, 0.2) is 0 Å². The summed E-state index contributed by atoms with van der Waals surface area (Å²) in [5.74, 6) is 0. The summed E-state index contributed by atoms with van der Waals surface area (Å²) in [6.45, 7) is 3.87. The second-order valence-electron chi connectivity index (χ2n) is 3.84. The van der Waals surface area contributed by atoms with Crippen LogP contribution in [-0.2, 0) is 4.74 Å². The van der Waals surface area contributed by atoms with Crippen LogP contribution in [-0.4, -0.2) is 43.9 Å². The van der Waals surface area contributed by atoms with E-state index in [0.29, 0.717) is 19.8 Å². The third-order valence-electron chi connectivity index (χ3n) is 2.10. The zero-order valence-electron chi connectivity index (χ0n) is 7.59. The van der Waals surface area contributed by atoms with E-state index in [9.17, 15) is 8.78 Å². The van der Waals surface area contributed by atoms with Crippen molar-refractivity contribution in [1.82, 2.24) is 5.32 Å². The van der Waals surface area contributed by atoms with E-state index in [-0.39, 0.29) is 12.0 Å². The molecule has 0 bridgehead atoms. The number of aliphatic hydroxyl groups excluding tert-OH is 1. The van der Waals surface area contributed by atoms with Crippen LogP contribution in [0.4, 0.5) is 8.78 Å². The van der Waals surface area contributed by atoms with E-state index in [1.165, 1.54) is 0 Å². The van der Waals surface area contributed by atoms with Crippen molar-refractivity contribution >= 4 is 0 Å². The van der Waals surface area contributed by atoms with Crippen LogP contribution < -0.4 is 5.32 Å². The minimum absolute atomic E-state index is 0.0574. The van der Waals surface area contributed by atoms with Crippen LogP contribution in [0.15, 0.2) is 0 Å². The summed E-state index contributed by atoms with van der Waals surface area (Å²) < 4.78 is 28.7. The third-order valence-corrected chi connectivity index (χ3v) is 2.10. The van der Waals surface area contributed by atoms with E-state index >= 15 is 0 Å². The fraction of sp³-hybridized carbons (Fsp3) is 1.00. The van der Waals surface area contributed by atoms with Crippen molar-refractivity contribution in [3.8, 4) is 0 Å². The van der Waals surface area contributed by atoms with Gasteiger partial charge in [0.2, 0.25) is 0 Å². The molecule has 0 aromatic rings. The Morgan fingerprint density at radius 2 is 2.15 bits per heavy atom. The summed E-state index contributed by atoms with van der Waals surface area (Å²) in [6.07, 6.45) is -4.23. The van der Waals surface area contributed by atoms with Crippen molar-refractivity contribution in [3.05, 3.63) is 0 Å². The highest BCUT2D eigenvalue weighted by Gasteiger charge is 2.33. The fourth-order valence-electron chi connectivity index (χ4n) is 1.16. The molecule has 0 aromatic heterocycles. The van der Waals surface area contributed by atoms with Gasteiger partial charge in [0.25, 0.3) is 6.43 Å². The van der Waals surface area contributed by atoms with Crippen LogP contribution in [0, 0.1) is 5.41 Å². The maximum atomic E-state index is 11.8. The molecule has 1 rings (SSSR count). The molecule has 0 aliphatic carbocycles. The number of rotatable bonds is 5. The van der Waals surface area contributed by atoms with Gasteiger partial charge in [-0.1, -0.05) is 6.92 Å². The molecule has 0 aromatic carbocycles. The normalized spacial score (nSPS) is 22.8. The lowest BCUT2D eigenvalue weighted by atomic mass is 9.89. The number of aliphatic hydroxyl groups is 1. The molecule has 1 saturated heterocycles. The molecule has 1 aliphatic rings. The highest BCUT2D eigenvalue weighted by atomic mass is 19.3. The van der Waals surface area contributed by atoms with E-state index in [0.717, 1.165) is 0 Å². The number of nitrogens with one attached hydrogen (secondary N) is 1. The smallest absolute Gasteiger partial charge is 0.265 e. The summed E-state index contributed by atoms with van der Waals surface area (Å²) in [7, 11) is 0. The monoisotopic (exact) mass is 195 g/mol. The Bertz CT molecular complexity index is 162. The van der Waals surface area contributed by atoms with Crippen LogP contribution >= 0.6 is 0 Å². The summed E-state index contributed by atoms with van der Waals surface area (Å²) in [5, 5.41) is 11.6. The molecule has 1 aliphatic heterocycles. The van der Waals surface area contributed by atoms with Crippen LogP contribution in [0.25, 0.3) is 0 Å². The van der Waals surface area contributed by atoms with Gasteiger partial charge in [0, 0.05) is 18.5 Å². The molecule has 0 radical (unpaired) electrons. The summed E-state index contributed by atoms with van der Waals surface area (Å²) in [6, 6.07) is 0. The SMILES string of the molecule is CC1(CNCC(O)C(F)F)COC1. The Labute approximate surface area is 76.1 Å². The van der Waals surface area contributed by atoms with Crippen molar-refractivity contribution in [2.24, 2.45) is 5.41 Å². The number of alkyl halides is 2. The van der Waals surface area contributed by atoms with E-state index < -0.39 is 12.5 Å². The summed E-state index contributed by atoms with van der Waals surface area (Å²) in [5.41, 5.74) is 0.0574. The zero-order valence-corrected chi connectivity index (χ0v) is 7.59. The fourth-order valence-corrected chi connectivity index (χ4v) is 1.16. The van der Waals surface area contributed by atoms with Crippen LogP contribution in [0.2, 0.25) is 0 Å². The maximum absolute atomic E-state index is 11.8. The van der Waals surface area contributed by atoms with Crippen molar-refractivity contribution in [2.45, 2.75) is 19.5 Å². The summed E-state index contributed by atoms with van der Waals surface area (Å²) in [4.78, 5) is 0. The van der Waals surface area contributed by atoms with Crippen molar-refractivity contribution in [1.29, 1.82) is 0 Å². The van der Waals surface area contributed by atoms with Crippen LogP contribution in [0.3, 0.4) is 0 Å². The van der Waals surface area contributed by atoms with E-state index in [1.807, 2.05) is 6.92 Å². The molecule has 13 heavy (non-hydrogen) atoms. The molecule has 0 amide bonds. The number of ether oxygens (including phenoxy) is 1. The molecule has 0 spiro atoms. The van der Waals surface area contributed by atoms with Gasteiger partial charge in [0.05, 0.1) is 13.2 Å². The average molecular weight is 195 g/mol. The van der Waals surface area contributed by atoms with E-state index in [1.54, 1.807) is 0 Å². The molecular weight excluding hydrogens is 180 g/mol. The second-order valence-corrected chi connectivity index (χ2v) is 3.84. The third kappa shape index (κ3) is 3.17. The molecule has 78 valence electrons. The van der Waals surface area contributed by atoms with Crippen molar-refractivity contribution < 1.29 is 18.6 Å². The Morgan fingerprint density at radius 3 is 2.54 bits per heavy atom. The quantitative estimate of drug-likeness (QED) is 0.660. The topological polar surface area (TPSA) is 41.5 Å². The molecular formula is C8H15F2NO2. The lowest BCUT2D eigenvalue weighted by Crippen LogP contribution is -2.49. The molecule has 0 saturated carbocycles. The van der Waals surface area contributed by atoms with Gasteiger partial charge in [-0.05, 0) is 0 Å². The van der Waals surface area contributed by atoms with Gasteiger partial charge in [0.1, 0.15) is 6.10 Å². The van der Waals surface area contributed by atoms with Gasteiger partial charge in [-0.3, -0.25) is 0 Å². The molecule has 3 nitrogen and oxygen atoms in total. The molecule has 1 fully saturated rings. The first-order valence-electron chi connectivity index (χ1n) is 4.28. The highest BCUT2D eigenvalue weighted by molar-refractivity contribution is 4.83. The predicted octanol–water partition coefficient (Wildman–Crippen LogP) is 0.239. The number of hydrogen-bond acceptors (Lipinski definition) is 3. The number of halogens is 2. The lowest BCUT2D eigenvalue weighted by molar-refractivity contribution is -0.101. The molecule has 1 heterocycles. The van der Waals surface area contributed by atoms with Gasteiger partial charge in [-0.2, -0.15) is 0 Å². The van der Waals surface area contributed by atoms with Crippen molar-refractivity contribution in [2.75, 3.05) is 26.3 Å². The highest BCUT2D eigenvalue weighted by Crippen LogP contribution is 2.24. The predicted molar refractivity (Wildman–Crippen MR) is 43.8 cm³/mol. The van der Waals surface area contributed by atoms with Gasteiger partial charge in [-0.25, -0.2) is 8.78 Å². The minimum Gasteiger partial charge on any atom is -0.386 e. The van der Waals surface area contributed by atoms with Gasteiger partial charge < -0.3 is 15.2 Å².